The van der Waals surface area contributed by atoms with Gasteiger partial charge in [0.2, 0.25) is 0 Å². The molecule has 66 valence electrons. The SMILES string of the molecule is CC(C)(N=C(N)N)OCCO. The van der Waals surface area contributed by atoms with E-state index in [1.165, 1.54) is 0 Å². The second-order valence-corrected chi connectivity index (χ2v) is 2.56. The minimum atomic E-state index is -0.748. The van der Waals surface area contributed by atoms with Gasteiger partial charge in [-0.2, -0.15) is 0 Å². The summed E-state index contributed by atoms with van der Waals surface area (Å²) in [5.74, 6) is -0.0204. The number of nitrogens with two attached hydrogens (primary N) is 2. The van der Waals surface area contributed by atoms with Crippen molar-refractivity contribution in [3.63, 3.8) is 0 Å². The van der Waals surface area contributed by atoms with Crippen molar-refractivity contribution in [3.8, 4) is 0 Å². The van der Waals surface area contributed by atoms with E-state index in [1.807, 2.05) is 0 Å². The van der Waals surface area contributed by atoms with E-state index in [1.54, 1.807) is 13.8 Å². The molecule has 0 heterocycles. The highest BCUT2D eigenvalue weighted by Gasteiger charge is 2.15. The average molecular weight is 161 g/mol. The molecule has 0 aliphatic carbocycles. The summed E-state index contributed by atoms with van der Waals surface area (Å²) in [5, 5.41) is 8.43. The molecule has 0 fully saturated rings. The number of ether oxygens (including phenoxy) is 1. The van der Waals surface area contributed by atoms with Crippen molar-refractivity contribution in [1.29, 1.82) is 0 Å². The Morgan fingerprint density at radius 2 is 2.09 bits per heavy atom. The summed E-state index contributed by atoms with van der Waals surface area (Å²) in [7, 11) is 0. The van der Waals surface area contributed by atoms with Gasteiger partial charge in [-0.15, -0.1) is 0 Å². The lowest BCUT2D eigenvalue weighted by Crippen LogP contribution is -2.32. The molecule has 0 amide bonds. The fraction of sp³-hybridized carbons (Fsp3) is 0.833. The molecule has 0 aromatic carbocycles. The summed E-state index contributed by atoms with van der Waals surface area (Å²) in [6.45, 7) is 3.61. The maximum atomic E-state index is 8.43. The van der Waals surface area contributed by atoms with E-state index >= 15 is 0 Å². The van der Waals surface area contributed by atoms with Crippen LogP contribution in [-0.2, 0) is 4.74 Å². The van der Waals surface area contributed by atoms with Crippen molar-refractivity contribution >= 4 is 5.96 Å². The van der Waals surface area contributed by atoms with Crippen LogP contribution in [0.2, 0.25) is 0 Å². The number of aliphatic hydroxyl groups is 1. The summed E-state index contributed by atoms with van der Waals surface area (Å²) >= 11 is 0. The van der Waals surface area contributed by atoms with Crippen molar-refractivity contribution in [2.45, 2.75) is 19.6 Å². The normalized spacial score (nSPS) is 11.2. The predicted octanol–water partition coefficient (Wildman–Crippen LogP) is -0.995. The van der Waals surface area contributed by atoms with Crippen LogP contribution in [0.4, 0.5) is 0 Å². The van der Waals surface area contributed by atoms with Crippen LogP contribution in [0, 0.1) is 0 Å². The lowest BCUT2D eigenvalue weighted by Gasteiger charge is -2.19. The zero-order valence-corrected chi connectivity index (χ0v) is 6.87. The zero-order valence-electron chi connectivity index (χ0n) is 6.87. The number of hydrogen-bond acceptors (Lipinski definition) is 3. The summed E-state index contributed by atoms with van der Waals surface area (Å²) in [6, 6.07) is 0. The van der Waals surface area contributed by atoms with Crippen molar-refractivity contribution in [2.24, 2.45) is 16.5 Å². The number of hydrogen-bond donors (Lipinski definition) is 3. The molecular formula is C6H15N3O2. The minimum absolute atomic E-state index is 0.0204. The molecule has 5 heteroatoms. The highest BCUT2D eigenvalue weighted by atomic mass is 16.5. The van der Waals surface area contributed by atoms with Gasteiger partial charge < -0.3 is 21.3 Å². The van der Waals surface area contributed by atoms with E-state index in [0.29, 0.717) is 0 Å². The Hall–Kier alpha value is -0.810. The molecule has 0 unspecified atom stereocenters. The third kappa shape index (κ3) is 5.63. The van der Waals surface area contributed by atoms with E-state index in [4.69, 9.17) is 21.3 Å². The van der Waals surface area contributed by atoms with Gasteiger partial charge in [0, 0.05) is 0 Å². The molecule has 0 radical (unpaired) electrons. The monoisotopic (exact) mass is 161 g/mol. The van der Waals surface area contributed by atoms with Gasteiger partial charge in [0.05, 0.1) is 13.2 Å². The van der Waals surface area contributed by atoms with Crippen LogP contribution < -0.4 is 11.5 Å². The Morgan fingerprint density at radius 3 is 2.45 bits per heavy atom. The summed E-state index contributed by atoms with van der Waals surface area (Å²) < 4.78 is 5.09. The van der Waals surface area contributed by atoms with Crippen LogP contribution in [-0.4, -0.2) is 30.0 Å². The lowest BCUT2D eigenvalue weighted by molar-refractivity contribution is -0.0266. The Balaban J connectivity index is 3.90. The van der Waals surface area contributed by atoms with E-state index in [2.05, 4.69) is 4.99 Å². The molecule has 0 aliphatic heterocycles. The number of nitrogens with zero attached hydrogens (tertiary/aromatic N) is 1. The highest BCUT2D eigenvalue weighted by Crippen LogP contribution is 2.09. The van der Waals surface area contributed by atoms with Gasteiger partial charge in [0.15, 0.2) is 11.7 Å². The average Bonchev–Trinajstić information content (AvgIpc) is 1.81. The smallest absolute Gasteiger partial charge is 0.188 e. The Labute approximate surface area is 66.0 Å². The van der Waals surface area contributed by atoms with E-state index < -0.39 is 5.72 Å². The first-order valence-corrected chi connectivity index (χ1v) is 3.33. The minimum Gasteiger partial charge on any atom is -0.394 e. The standard InChI is InChI=1S/C6H15N3O2/c1-6(2,9-5(7)8)11-4-3-10/h10H,3-4H2,1-2H3,(H4,7,8,9). The molecule has 0 aromatic rings. The van der Waals surface area contributed by atoms with E-state index in [0.717, 1.165) is 0 Å². The van der Waals surface area contributed by atoms with Crippen molar-refractivity contribution in [2.75, 3.05) is 13.2 Å². The molecule has 0 rings (SSSR count). The third-order valence-electron chi connectivity index (χ3n) is 0.945. The maximum Gasteiger partial charge on any atom is 0.188 e. The molecule has 11 heavy (non-hydrogen) atoms. The first-order valence-electron chi connectivity index (χ1n) is 3.33. The molecule has 0 atom stereocenters. The molecule has 0 spiro atoms. The molecule has 0 saturated carbocycles. The first-order chi connectivity index (χ1) is 4.98. The third-order valence-corrected chi connectivity index (χ3v) is 0.945. The van der Waals surface area contributed by atoms with Gasteiger partial charge in [-0.25, -0.2) is 4.99 Å². The first kappa shape index (κ1) is 10.2. The number of aliphatic hydroxyl groups excluding tert-OH is 1. The topological polar surface area (TPSA) is 93.9 Å². The maximum absolute atomic E-state index is 8.43. The van der Waals surface area contributed by atoms with Crippen LogP contribution in [0.5, 0.6) is 0 Å². The van der Waals surface area contributed by atoms with Crippen LogP contribution in [0.1, 0.15) is 13.8 Å². The van der Waals surface area contributed by atoms with Crippen LogP contribution in [0.15, 0.2) is 4.99 Å². The fourth-order valence-corrected chi connectivity index (χ4v) is 0.639. The quantitative estimate of drug-likeness (QED) is 0.364. The molecule has 0 bridgehead atoms. The zero-order chi connectivity index (χ0) is 8.91. The summed E-state index contributed by atoms with van der Waals surface area (Å²) in [5.41, 5.74) is 9.52. The fourth-order valence-electron chi connectivity index (χ4n) is 0.639. The number of guanidine groups is 1. The number of rotatable bonds is 4. The summed E-state index contributed by atoms with van der Waals surface area (Å²) in [4.78, 5) is 3.79. The van der Waals surface area contributed by atoms with Crippen molar-refractivity contribution in [1.82, 2.24) is 0 Å². The second-order valence-electron chi connectivity index (χ2n) is 2.56. The van der Waals surface area contributed by atoms with Gasteiger partial charge >= 0.3 is 0 Å². The van der Waals surface area contributed by atoms with Crippen molar-refractivity contribution < 1.29 is 9.84 Å². The molecular weight excluding hydrogens is 146 g/mol. The van der Waals surface area contributed by atoms with Gasteiger partial charge in [-0.05, 0) is 13.8 Å². The van der Waals surface area contributed by atoms with Gasteiger partial charge in [-0.1, -0.05) is 0 Å². The molecule has 0 aliphatic rings. The number of aliphatic imine (C=N–C) groups is 1. The molecule has 0 aromatic heterocycles. The van der Waals surface area contributed by atoms with Crippen LogP contribution >= 0.6 is 0 Å². The highest BCUT2D eigenvalue weighted by molar-refractivity contribution is 5.76. The Kier molecular flexibility index (Phi) is 3.84. The molecule has 5 N–H and O–H groups in total. The molecule has 5 nitrogen and oxygen atoms in total. The Morgan fingerprint density at radius 1 is 1.55 bits per heavy atom. The van der Waals surface area contributed by atoms with E-state index in [9.17, 15) is 0 Å². The predicted molar refractivity (Wildman–Crippen MR) is 42.9 cm³/mol. The Bertz CT molecular complexity index is 141. The molecule has 0 saturated heterocycles. The van der Waals surface area contributed by atoms with Gasteiger partial charge in [0.25, 0.3) is 0 Å². The van der Waals surface area contributed by atoms with Crippen LogP contribution in [0.3, 0.4) is 0 Å². The largest absolute Gasteiger partial charge is 0.394 e. The van der Waals surface area contributed by atoms with Crippen molar-refractivity contribution in [3.05, 3.63) is 0 Å². The van der Waals surface area contributed by atoms with Gasteiger partial charge in [-0.3, -0.25) is 0 Å². The summed E-state index contributed by atoms with van der Waals surface area (Å²) in [6.07, 6.45) is 0. The second kappa shape index (κ2) is 4.15. The lowest BCUT2D eigenvalue weighted by atomic mass is 10.3. The van der Waals surface area contributed by atoms with E-state index in [-0.39, 0.29) is 19.2 Å². The van der Waals surface area contributed by atoms with Gasteiger partial charge in [0.1, 0.15) is 0 Å². The van der Waals surface area contributed by atoms with Crippen LogP contribution in [0.25, 0.3) is 0 Å².